The Hall–Kier alpha value is -3.35. The monoisotopic (exact) mass is 424 g/mol. The van der Waals surface area contributed by atoms with Crippen molar-refractivity contribution < 1.29 is 14.2 Å². The number of H-pyrrole nitrogens is 1. The predicted octanol–water partition coefficient (Wildman–Crippen LogP) is 3.45. The summed E-state index contributed by atoms with van der Waals surface area (Å²) in [5.74, 6) is 2.96. The highest BCUT2D eigenvalue weighted by Crippen LogP contribution is 2.34. The van der Waals surface area contributed by atoms with E-state index in [4.69, 9.17) is 14.2 Å². The van der Waals surface area contributed by atoms with E-state index in [0.717, 1.165) is 42.4 Å². The first-order chi connectivity index (χ1) is 15.1. The van der Waals surface area contributed by atoms with Crippen molar-refractivity contribution in [3.8, 4) is 17.2 Å². The summed E-state index contributed by atoms with van der Waals surface area (Å²) in [5.41, 5.74) is 4.76. The number of benzene rings is 2. The normalized spacial score (nSPS) is 11.5. The lowest BCUT2D eigenvalue weighted by Gasteiger charge is -2.16. The third kappa shape index (κ3) is 5.23. The molecule has 0 radical (unpaired) electrons. The number of fused-ring (bicyclic) bond motifs is 1. The predicted molar refractivity (Wildman–Crippen MR) is 126 cm³/mol. The van der Waals surface area contributed by atoms with E-state index in [9.17, 15) is 0 Å². The molecule has 0 fully saturated rings. The van der Waals surface area contributed by atoms with Crippen molar-refractivity contribution in [2.45, 2.75) is 19.8 Å². The van der Waals surface area contributed by atoms with Crippen LogP contribution >= 0.6 is 0 Å². The number of aromatic nitrogens is 1. The molecule has 166 valence electrons. The molecule has 0 bridgehead atoms. The Labute approximate surface area is 183 Å². The van der Waals surface area contributed by atoms with E-state index in [1.807, 2.05) is 12.1 Å². The number of ether oxygens (including phenoxy) is 3. The molecule has 7 nitrogen and oxygen atoms in total. The summed E-state index contributed by atoms with van der Waals surface area (Å²) in [4.78, 5) is 7.72. The first-order valence-electron chi connectivity index (χ1n) is 10.4. The van der Waals surface area contributed by atoms with E-state index in [2.05, 4.69) is 51.9 Å². The van der Waals surface area contributed by atoms with Crippen LogP contribution in [0, 0.1) is 6.92 Å². The first-order valence-corrected chi connectivity index (χ1v) is 10.4. The van der Waals surface area contributed by atoms with E-state index < -0.39 is 0 Å². The Morgan fingerprint density at radius 3 is 2.26 bits per heavy atom. The van der Waals surface area contributed by atoms with Crippen molar-refractivity contribution in [1.29, 1.82) is 0 Å². The van der Waals surface area contributed by atoms with Gasteiger partial charge in [0.2, 0.25) is 0 Å². The Kier molecular flexibility index (Phi) is 7.65. The molecule has 0 amide bonds. The van der Waals surface area contributed by atoms with Gasteiger partial charge in [-0.15, -0.1) is 0 Å². The lowest BCUT2D eigenvalue weighted by Crippen LogP contribution is -2.39. The molecule has 0 atom stereocenters. The Balaban J connectivity index is 1.55. The van der Waals surface area contributed by atoms with Gasteiger partial charge in [-0.2, -0.15) is 0 Å². The van der Waals surface area contributed by atoms with Gasteiger partial charge in [0.15, 0.2) is 5.96 Å². The van der Waals surface area contributed by atoms with Crippen molar-refractivity contribution in [3.05, 3.63) is 53.2 Å². The van der Waals surface area contributed by atoms with Crippen LogP contribution in [0.4, 0.5) is 0 Å². The van der Waals surface area contributed by atoms with Gasteiger partial charge in [-0.3, -0.25) is 4.99 Å². The fraction of sp³-hybridized carbons (Fsp3) is 0.375. The highest BCUT2D eigenvalue weighted by molar-refractivity contribution is 5.86. The molecule has 3 aromatic rings. The molecule has 0 aliphatic heterocycles. The van der Waals surface area contributed by atoms with E-state index in [1.54, 1.807) is 28.4 Å². The van der Waals surface area contributed by atoms with E-state index >= 15 is 0 Å². The second-order valence-corrected chi connectivity index (χ2v) is 7.25. The van der Waals surface area contributed by atoms with Crippen molar-refractivity contribution in [3.63, 3.8) is 0 Å². The number of hydrogen-bond acceptors (Lipinski definition) is 4. The summed E-state index contributed by atoms with van der Waals surface area (Å²) < 4.78 is 16.4. The topological polar surface area (TPSA) is 79.9 Å². The molecule has 0 aliphatic carbocycles. The second-order valence-electron chi connectivity index (χ2n) is 7.25. The number of rotatable bonds is 9. The molecule has 7 heteroatoms. The second kappa shape index (κ2) is 10.6. The van der Waals surface area contributed by atoms with Crippen LogP contribution in [0.2, 0.25) is 0 Å². The molecule has 31 heavy (non-hydrogen) atoms. The van der Waals surface area contributed by atoms with Gasteiger partial charge in [0.1, 0.15) is 17.2 Å². The van der Waals surface area contributed by atoms with Crippen LogP contribution in [0.1, 0.15) is 16.7 Å². The Morgan fingerprint density at radius 1 is 0.968 bits per heavy atom. The molecule has 0 aliphatic rings. The van der Waals surface area contributed by atoms with Crippen molar-refractivity contribution in [2.24, 2.45) is 4.99 Å². The Morgan fingerprint density at radius 2 is 1.65 bits per heavy atom. The van der Waals surface area contributed by atoms with Gasteiger partial charge in [-0.25, -0.2) is 0 Å². The minimum absolute atomic E-state index is 0.686. The molecule has 0 spiro atoms. The number of methoxy groups -OCH3 is 3. The molecular weight excluding hydrogens is 392 g/mol. The fourth-order valence-electron chi connectivity index (χ4n) is 3.74. The molecule has 1 heterocycles. The third-order valence-electron chi connectivity index (χ3n) is 5.40. The number of nitrogens with zero attached hydrogens (tertiary/aromatic N) is 1. The SMILES string of the molecule is CN=C(NCCc1c(OC)cc(OC)cc1OC)NCCc1c[nH]c2c(C)cccc12. The molecule has 0 saturated carbocycles. The number of hydrogen-bond donors (Lipinski definition) is 3. The maximum Gasteiger partial charge on any atom is 0.190 e. The van der Waals surface area contributed by atoms with E-state index in [0.29, 0.717) is 12.3 Å². The van der Waals surface area contributed by atoms with E-state index in [1.165, 1.54) is 22.0 Å². The zero-order valence-electron chi connectivity index (χ0n) is 19.0. The number of aliphatic imine (C=N–C) groups is 1. The highest BCUT2D eigenvalue weighted by atomic mass is 16.5. The zero-order chi connectivity index (χ0) is 22.2. The average Bonchev–Trinajstić information content (AvgIpc) is 3.22. The molecule has 0 saturated heterocycles. The van der Waals surface area contributed by atoms with Crippen molar-refractivity contribution >= 4 is 16.9 Å². The molecule has 3 N–H and O–H groups in total. The summed E-state index contributed by atoms with van der Waals surface area (Å²) in [6.07, 6.45) is 3.72. The molecule has 3 rings (SSSR count). The molecular formula is C24H32N4O3. The highest BCUT2D eigenvalue weighted by Gasteiger charge is 2.13. The standard InChI is InChI=1S/C24H32N4O3/c1-16-7-6-8-19-17(15-28-23(16)19)9-11-26-24(25-2)27-12-10-20-21(30-4)13-18(29-3)14-22(20)31-5/h6-8,13-15,28H,9-12H2,1-5H3,(H2,25,26,27). The summed E-state index contributed by atoms with van der Waals surface area (Å²) in [6, 6.07) is 10.1. The molecule has 0 unspecified atom stereocenters. The van der Waals surface area contributed by atoms with Gasteiger partial charge in [0.05, 0.1) is 21.3 Å². The quantitative estimate of drug-likeness (QED) is 0.362. The lowest BCUT2D eigenvalue weighted by atomic mass is 10.1. The maximum atomic E-state index is 5.53. The smallest absolute Gasteiger partial charge is 0.190 e. The fourth-order valence-corrected chi connectivity index (χ4v) is 3.74. The lowest BCUT2D eigenvalue weighted by molar-refractivity contribution is 0.368. The number of nitrogens with one attached hydrogen (secondary N) is 3. The summed E-state index contributed by atoms with van der Waals surface area (Å²) in [5, 5.41) is 8.04. The first kappa shape index (κ1) is 22.3. The van der Waals surface area contributed by atoms with Crippen LogP contribution < -0.4 is 24.8 Å². The largest absolute Gasteiger partial charge is 0.496 e. The minimum Gasteiger partial charge on any atom is -0.496 e. The maximum absolute atomic E-state index is 5.53. The van der Waals surface area contributed by atoms with Gasteiger partial charge in [-0.1, -0.05) is 18.2 Å². The number of aromatic amines is 1. The number of aryl methyl sites for hydroxylation is 1. The summed E-state index contributed by atoms with van der Waals surface area (Å²) >= 11 is 0. The zero-order valence-corrected chi connectivity index (χ0v) is 19.0. The van der Waals surface area contributed by atoms with Gasteiger partial charge in [-0.05, 0) is 30.9 Å². The molecule has 2 aromatic carbocycles. The minimum atomic E-state index is 0.686. The number of para-hydroxylation sites is 1. The Bertz CT molecular complexity index is 1020. The van der Waals surface area contributed by atoms with Crippen LogP contribution in [-0.4, -0.2) is 52.4 Å². The van der Waals surface area contributed by atoms with Crippen LogP contribution in [0.15, 0.2) is 41.5 Å². The van der Waals surface area contributed by atoms with Crippen LogP contribution in [0.5, 0.6) is 17.2 Å². The van der Waals surface area contributed by atoms with Crippen LogP contribution in [0.25, 0.3) is 10.9 Å². The van der Waals surface area contributed by atoms with Crippen molar-refractivity contribution in [2.75, 3.05) is 41.5 Å². The van der Waals surface area contributed by atoms with Gasteiger partial charge < -0.3 is 29.8 Å². The van der Waals surface area contributed by atoms with Gasteiger partial charge in [0.25, 0.3) is 0 Å². The van der Waals surface area contributed by atoms with Gasteiger partial charge >= 0.3 is 0 Å². The summed E-state index contributed by atoms with van der Waals surface area (Å²) in [7, 11) is 6.71. The van der Waals surface area contributed by atoms with Crippen molar-refractivity contribution in [1.82, 2.24) is 15.6 Å². The van der Waals surface area contributed by atoms with Crippen LogP contribution in [0.3, 0.4) is 0 Å². The molecule has 1 aromatic heterocycles. The third-order valence-corrected chi connectivity index (χ3v) is 5.40. The van der Waals surface area contributed by atoms with Crippen LogP contribution in [-0.2, 0) is 12.8 Å². The van der Waals surface area contributed by atoms with E-state index in [-0.39, 0.29) is 0 Å². The number of guanidine groups is 1. The van der Waals surface area contributed by atoms with Gasteiger partial charge in [0, 0.05) is 54.9 Å². The average molecular weight is 425 g/mol. The summed E-state index contributed by atoms with van der Waals surface area (Å²) in [6.45, 7) is 3.60.